The van der Waals surface area contributed by atoms with Crippen LogP contribution in [0.15, 0.2) is 24.3 Å². The molecule has 0 bridgehead atoms. The Bertz CT molecular complexity index is 455. The van der Waals surface area contributed by atoms with E-state index < -0.39 is 0 Å². The lowest BCUT2D eigenvalue weighted by Crippen LogP contribution is -2.52. The molecule has 0 spiro atoms. The predicted molar refractivity (Wildman–Crippen MR) is 76.8 cm³/mol. The number of rotatable bonds is 2. The van der Waals surface area contributed by atoms with Crippen molar-refractivity contribution in [2.45, 2.75) is 37.8 Å². The topological polar surface area (TPSA) is 62.3 Å². The third-order valence-electron chi connectivity index (χ3n) is 4.24. The number of hydrogen-bond donors (Lipinski definition) is 2. The van der Waals surface area contributed by atoms with Crippen LogP contribution in [-0.2, 0) is 4.74 Å². The molecule has 0 aromatic heterocycles. The summed E-state index contributed by atoms with van der Waals surface area (Å²) >= 11 is 0. The Labute approximate surface area is 114 Å². The smallest absolute Gasteiger partial charge is 0.122 e. The maximum absolute atomic E-state index is 7.44. The molecule has 4 heteroatoms. The number of amidine groups is 1. The Kier molecular flexibility index (Phi) is 3.42. The molecule has 1 heterocycles. The molecule has 2 aliphatic rings. The summed E-state index contributed by atoms with van der Waals surface area (Å²) in [5, 5.41) is 7.44. The fourth-order valence-corrected chi connectivity index (χ4v) is 3.25. The highest BCUT2D eigenvalue weighted by atomic mass is 16.5. The lowest BCUT2D eigenvalue weighted by Gasteiger charge is -2.45. The molecule has 3 N–H and O–H groups in total. The van der Waals surface area contributed by atoms with E-state index in [-0.39, 0.29) is 5.84 Å². The maximum atomic E-state index is 7.44. The fraction of sp³-hybridized carbons (Fsp3) is 0.533. The van der Waals surface area contributed by atoms with E-state index >= 15 is 0 Å². The van der Waals surface area contributed by atoms with E-state index in [9.17, 15) is 0 Å². The number of nitrogens with one attached hydrogen (secondary N) is 1. The first-order chi connectivity index (χ1) is 9.25. The summed E-state index contributed by atoms with van der Waals surface area (Å²) in [5.41, 5.74) is 7.51. The second-order valence-corrected chi connectivity index (χ2v) is 5.41. The zero-order valence-corrected chi connectivity index (χ0v) is 11.1. The van der Waals surface area contributed by atoms with Gasteiger partial charge in [0.1, 0.15) is 5.84 Å². The number of nitrogen functional groups attached to an aromatic ring is 1. The van der Waals surface area contributed by atoms with Gasteiger partial charge in [0.05, 0.1) is 18.8 Å². The van der Waals surface area contributed by atoms with Crippen molar-refractivity contribution in [3.8, 4) is 0 Å². The molecule has 4 nitrogen and oxygen atoms in total. The zero-order chi connectivity index (χ0) is 13.2. The first kappa shape index (κ1) is 12.5. The van der Waals surface area contributed by atoms with Crippen LogP contribution >= 0.6 is 0 Å². The van der Waals surface area contributed by atoms with Gasteiger partial charge in [-0.25, -0.2) is 0 Å². The van der Waals surface area contributed by atoms with Crippen LogP contribution in [0.1, 0.15) is 31.2 Å². The van der Waals surface area contributed by atoms with E-state index in [1.165, 1.54) is 31.4 Å². The normalized spacial score (nSPS) is 26.8. The van der Waals surface area contributed by atoms with E-state index in [1.807, 2.05) is 12.1 Å². The molecule has 1 aromatic carbocycles. The quantitative estimate of drug-likeness (QED) is 0.631. The van der Waals surface area contributed by atoms with E-state index in [4.69, 9.17) is 15.9 Å². The molecular weight excluding hydrogens is 238 g/mol. The first-order valence-electron chi connectivity index (χ1n) is 7.08. The van der Waals surface area contributed by atoms with Crippen LogP contribution in [0.25, 0.3) is 0 Å². The molecule has 1 aliphatic heterocycles. The van der Waals surface area contributed by atoms with Gasteiger partial charge >= 0.3 is 0 Å². The number of nitrogens with zero attached hydrogens (tertiary/aromatic N) is 1. The van der Waals surface area contributed by atoms with E-state index in [0.717, 1.165) is 18.7 Å². The van der Waals surface area contributed by atoms with Gasteiger partial charge in [0.25, 0.3) is 0 Å². The number of ether oxygens (including phenoxy) is 1. The summed E-state index contributed by atoms with van der Waals surface area (Å²) in [7, 11) is 0. The van der Waals surface area contributed by atoms with Crippen molar-refractivity contribution in [3.05, 3.63) is 29.8 Å². The van der Waals surface area contributed by atoms with Gasteiger partial charge in [-0.15, -0.1) is 0 Å². The van der Waals surface area contributed by atoms with Crippen LogP contribution in [0.4, 0.5) is 5.69 Å². The second-order valence-electron chi connectivity index (χ2n) is 5.41. The third-order valence-corrected chi connectivity index (χ3v) is 4.24. The number of morpholine rings is 1. The largest absolute Gasteiger partial charge is 0.384 e. The summed E-state index contributed by atoms with van der Waals surface area (Å²) in [6.07, 6.45) is 5.39. The van der Waals surface area contributed by atoms with Crippen LogP contribution in [0.5, 0.6) is 0 Å². The molecule has 1 aliphatic carbocycles. The zero-order valence-electron chi connectivity index (χ0n) is 11.1. The van der Waals surface area contributed by atoms with Crippen molar-refractivity contribution in [1.82, 2.24) is 0 Å². The van der Waals surface area contributed by atoms with Crippen molar-refractivity contribution in [2.24, 2.45) is 5.73 Å². The van der Waals surface area contributed by atoms with Gasteiger partial charge in [-0.2, -0.15) is 0 Å². The standard InChI is InChI=1S/C15H21N3O/c16-15(17)11-5-7-12(8-6-11)18-9-10-19-14-4-2-1-3-13(14)18/h5-8,13-14H,1-4,9-10H2,(H3,16,17). The SMILES string of the molecule is N=C(N)c1ccc(N2CCOC3CCCCC32)cc1. The van der Waals surface area contributed by atoms with Gasteiger partial charge < -0.3 is 15.4 Å². The summed E-state index contributed by atoms with van der Waals surface area (Å²) in [4.78, 5) is 2.47. The Morgan fingerprint density at radius 2 is 1.95 bits per heavy atom. The molecule has 2 unspecified atom stereocenters. The number of fused-ring (bicyclic) bond motifs is 1. The Hall–Kier alpha value is -1.55. The average Bonchev–Trinajstić information content (AvgIpc) is 2.47. The highest BCUT2D eigenvalue weighted by Gasteiger charge is 2.34. The van der Waals surface area contributed by atoms with Crippen LogP contribution < -0.4 is 10.6 Å². The van der Waals surface area contributed by atoms with E-state index in [2.05, 4.69) is 17.0 Å². The molecule has 0 radical (unpaired) electrons. The van der Waals surface area contributed by atoms with Gasteiger partial charge in [0.2, 0.25) is 0 Å². The number of anilines is 1. The first-order valence-corrected chi connectivity index (χ1v) is 7.08. The van der Waals surface area contributed by atoms with Crippen LogP contribution in [0, 0.1) is 5.41 Å². The molecule has 3 rings (SSSR count). The monoisotopic (exact) mass is 259 g/mol. The predicted octanol–water partition coefficient (Wildman–Crippen LogP) is 2.12. The molecule has 1 saturated carbocycles. The average molecular weight is 259 g/mol. The maximum Gasteiger partial charge on any atom is 0.122 e. The van der Waals surface area contributed by atoms with Crippen molar-refractivity contribution in [1.29, 1.82) is 5.41 Å². The molecule has 102 valence electrons. The van der Waals surface area contributed by atoms with Gasteiger partial charge in [-0.05, 0) is 37.1 Å². The summed E-state index contributed by atoms with van der Waals surface area (Å²) in [6, 6.07) is 8.54. The number of hydrogen-bond acceptors (Lipinski definition) is 3. The highest BCUT2D eigenvalue weighted by Crippen LogP contribution is 2.31. The summed E-state index contributed by atoms with van der Waals surface area (Å²) < 4.78 is 5.90. The van der Waals surface area contributed by atoms with Gasteiger partial charge in [-0.3, -0.25) is 5.41 Å². The lowest BCUT2D eigenvalue weighted by molar-refractivity contribution is -0.00867. The summed E-state index contributed by atoms with van der Waals surface area (Å²) in [6.45, 7) is 1.77. The molecule has 1 aromatic rings. The van der Waals surface area contributed by atoms with Gasteiger partial charge in [0, 0.05) is 17.8 Å². The van der Waals surface area contributed by atoms with E-state index in [1.54, 1.807) is 0 Å². The van der Waals surface area contributed by atoms with Gasteiger partial charge in [0.15, 0.2) is 0 Å². The van der Waals surface area contributed by atoms with Crippen molar-refractivity contribution in [2.75, 3.05) is 18.1 Å². The molecular formula is C15H21N3O. The van der Waals surface area contributed by atoms with Crippen LogP contribution in [0.3, 0.4) is 0 Å². The minimum Gasteiger partial charge on any atom is -0.384 e. The number of benzene rings is 1. The Balaban J connectivity index is 1.81. The summed E-state index contributed by atoms with van der Waals surface area (Å²) in [5.74, 6) is 0.129. The third kappa shape index (κ3) is 2.45. The molecule has 1 saturated heterocycles. The van der Waals surface area contributed by atoms with Crippen molar-refractivity contribution in [3.63, 3.8) is 0 Å². The fourth-order valence-electron chi connectivity index (χ4n) is 3.25. The molecule has 2 fully saturated rings. The van der Waals surface area contributed by atoms with Crippen LogP contribution in [-0.4, -0.2) is 31.1 Å². The lowest BCUT2D eigenvalue weighted by atomic mass is 9.89. The van der Waals surface area contributed by atoms with E-state index in [0.29, 0.717) is 12.1 Å². The Morgan fingerprint density at radius 1 is 1.21 bits per heavy atom. The molecule has 2 atom stereocenters. The number of nitrogens with two attached hydrogens (primary N) is 1. The van der Waals surface area contributed by atoms with Crippen LogP contribution in [0.2, 0.25) is 0 Å². The van der Waals surface area contributed by atoms with Crippen molar-refractivity contribution >= 4 is 11.5 Å². The Morgan fingerprint density at radius 3 is 2.68 bits per heavy atom. The minimum atomic E-state index is 0.129. The highest BCUT2D eigenvalue weighted by molar-refractivity contribution is 5.95. The minimum absolute atomic E-state index is 0.129. The second kappa shape index (κ2) is 5.21. The molecule has 0 amide bonds. The van der Waals surface area contributed by atoms with Gasteiger partial charge in [-0.1, -0.05) is 12.8 Å². The molecule has 19 heavy (non-hydrogen) atoms. The van der Waals surface area contributed by atoms with Crippen molar-refractivity contribution < 1.29 is 4.74 Å².